The van der Waals surface area contributed by atoms with Crippen LogP contribution in [0.5, 0.6) is 0 Å². The lowest BCUT2D eigenvalue weighted by Gasteiger charge is -2.07. The van der Waals surface area contributed by atoms with E-state index in [9.17, 15) is 4.79 Å². The molecule has 4 rings (SSSR count). The molecule has 2 heterocycles. The second-order valence-corrected chi connectivity index (χ2v) is 6.10. The van der Waals surface area contributed by atoms with Gasteiger partial charge in [0.25, 0.3) is 5.56 Å². The van der Waals surface area contributed by atoms with Gasteiger partial charge in [-0.3, -0.25) is 4.79 Å². The zero-order valence-corrected chi connectivity index (χ0v) is 13.5. The molecule has 2 aromatic carbocycles. The van der Waals surface area contributed by atoms with Crippen molar-refractivity contribution in [1.82, 2.24) is 4.57 Å². The van der Waals surface area contributed by atoms with Gasteiger partial charge in [0.2, 0.25) is 0 Å². The van der Waals surface area contributed by atoms with Crippen LogP contribution >= 0.6 is 11.6 Å². The number of pyridine rings is 1. The average Bonchev–Trinajstić information content (AvgIpc) is 3.01. The normalized spacial score (nSPS) is 11.0. The Morgan fingerprint density at radius 3 is 2.67 bits per heavy atom. The Labute approximate surface area is 143 Å². The lowest BCUT2D eigenvalue weighted by Crippen LogP contribution is -2.19. The molecule has 4 heteroatoms. The average molecular weight is 336 g/mol. The molecule has 4 aromatic rings. The minimum Gasteiger partial charge on any atom is -0.456 e. The Kier molecular flexibility index (Phi) is 3.71. The fourth-order valence-corrected chi connectivity index (χ4v) is 2.97. The van der Waals surface area contributed by atoms with Crippen LogP contribution in [-0.2, 0) is 6.54 Å². The molecule has 0 atom stereocenters. The second kappa shape index (κ2) is 6.02. The first-order chi connectivity index (χ1) is 11.7. The summed E-state index contributed by atoms with van der Waals surface area (Å²) in [5, 5.41) is 1.70. The van der Waals surface area contributed by atoms with E-state index < -0.39 is 0 Å². The standard InChI is InChI=1S/C20H14ClNO2/c21-17-6-3-4-14(10-17)12-22-13-16(8-9-20(22)23)19-11-15-5-1-2-7-18(15)24-19/h1-11,13H,12H2. The molecule has 0 bridgehead atoms. The van der Waals surface area contributed by atoms with Crippen molar-refractivity contribution < 1.29 is 4.42 Å². The summed E-state index contributed by atoms with van der Waals surface area (Å²) < 4.78 is 7.54. The Bertz CT molecular complexity index is 1050. The van der Waals surface area contributed by atoms with Gasteiger partial charge in [-0.05, 0) is 35.9 Å². The maximum atomic E-state index is 12.2. The van der Waals surface area contributed by atoms with Crippen LogP contribution < -0.4 is 5.56 Å². The molecule has 3 nitrogen and oxygen atoms in total. The number of benzene rings is 2. The molecule has 0 saturated carbocycles. The molecule has 0 aliphatic rings. The van der Waals surface area contributed by atoms with Gasteiger partial charge in [-0.25, -0.2) is 0 Å². The van der Waals surface area contributed by atoms with Crippen LogP contribution in [0.2, 0.25) is 5.02 Å². The van der Waals surface area contributed by atoms with E-state index in [-0.39, 0.29) is 5.56 Å². The molecule has 118 valence electrons. The van der Waals surface area contributed by atoms with Gasteiger partial charge in [-0.15, -0.1) is 0 Å². The summed E-state index contributed by atoms with van der Waals surface area (Å²) in [5.74, 6) is 0.746. The van der Waals surface area contributed by atoms with Gasteiger partial charge in [0.15, 0.2) is 0 Å². The van der Waals surface area contributed by atoms with Gasteiger partial charge >= 0.3 is 0 Å². The van der Waals surface area contributed by atoms with E-state index in [1.54, 1.807) is 16.7 Å². The van der Waals surface area contributed by atoms with Crippen LogP contribution in [0.3, 0.4) is 0 Å². The van der Waals surface area contributed by atoms with E-state index in [2.05, 4.69) is 0 Å². The minimum atomic E-state index is -0.0603. The number of furan rings is 1. The monoisotopic (exact) mass is 335 g/mol. The predicted molar refractivity (Wildman–Crippen MR) is 96.5 cm³/mol. The highest BCUT2D eigenvalue weighted by molar-refractivity contribution is 6.30. The van der Waals surface area contributed by atoms with Crippen LogP contribution in [0.4, 0.5) is 0 Å². The summed E-state index contributed by atoms with van der Waals surface area (Å²) >= 11 is 6.02. The van der Waals surface area contributed by atoms with Gasteiger partial charge < -0.3 is 8.98 Å². The molecule has 0 amide bonds. The highest BCUT2D eigenvalue weighted by Crippen LogP contribution is 2.27. The highest BCUT2D eigenvalue weighted by Gasteiger charge is 2.08. The van der Waals surface area contributed by atoms with E-state index >= 15 is 0 Å². The van der Waals surface area contributed by atoms with E-state index in [1.165, 1.54) is 0 Å². The molecule has 0 N–H and O–H groups in total. The van der Waals surface area contributed by atoms with Crippen LogP contribution in [0, 0.1) is 0 Å². The quantitative estimate of drug-likeness (QED) is 0.530. The molecule has 0 fully saturated rings. The SMILES string of the molecule is O=c1ccc(-c2cc3ccccc3o2)cn1Cc1cccc(Cl)c1. The Balaban J connectivity index is 1.74. The maximum Gasteiger partial charge on any atom is 0.250 e. The van der Waals surface area contributed by atoms with Crippen LogP contribution in [0.15, 0.2) is 82.1 Å². The molecule has 0 aliphatic heterocycles. The summed E-state index contributed by atoms with van der Waals surface area (Å²) in [7, 11) is 0. The third-order valence-electron chi connectivity index (χ3n) is 3.94. The first kappa shape index (κ1) is 14.8. The number of fused-ring (bicyclic) bond motifs is 1. The smallest absolute Gasteiger partial charge is 0.250 e. The largest absolute Gasteiger partial charge is 0.456 e. The zero-order valence-electron chi connectivity index (χ0n) is 12.8. The molecule has 0 unspecified atom stereocenters. The number of halogens is 1. The summed E-state index contributed by atoms with van der Waals surface area (Å²) in [6, 6.07) is 20.7. The third kappa shape index (κ3) is 2.86. The van der Waals surface area contributed by atoms with Crippen molar-refractivity contribution >= 4 is 22.6 Å². The van der Waals surface area contributed by atoms with E-state index in [1.807, 2.05) is 60.8 Å². The van der Waals surface area contributed by atoms with Gasteiger partial charge in [-0.1, -0.05) is 41.9 Å². The lowest BCUT2D eigenvalue weighted by molar-refractivity contribution is 0.629. The van der Waals surface area contributed by atoms with E-state index in [0.29, 0.717) is 11.6 Å². The van der Waals surface area contributed by atoms with Crippen molar-refractivity contribution in [2.24, 2.45) is 0 Å². The minimum absolute atomic E-state index is 0.0603. The van der Waals surface area contributed by atoms with E-state index in [0.717, 1.165) is 27.9 Å². The van der Waals surface area contributed by atoms with Crippen LogP contribution in [0.25, 0.3) is 22.3 Å². The topological polar surface area (TPSA) is 35.1 Å². The number of para-hydroxylation sites is 1. The summed E-state index contributed by atoms with van der Waals surface area (Å²) in [4.78, 5) is 12.2. The summed E-state index contributed by atoms with van der Waals surface area (Å²) in [6.45, 7) is 0.466. The Morgan fingerprint density at radius 1 is 0.958 bits per heavy atom. The molecule has 0 radical (unpaired) electrons. The van der Waals surface area contributed by atoms with Gasteiger partial charge in [-0.2, -0.15) is 0 Å². The van der Waals surface area contributed by atoms with Gasteiger partial charge in [0.05, 0.1) is 6.54 Å². The lowest BCUT2D eigenvalue weighted by atomic mass is 10.2. The first-order valence-electron chi connectivity index (χ1n) is 7.63. The van der Waals surface area contributed by atoms with Gasteiger partial charge in [0, 0.05) is 28.2 Å². The predicted octanol–water partition coefficient (Wildman–Crippen LogP) is 4.96. The molecule has 2 aromatic heterocycles. The highest BCUT2D eigenvalue weighted by atomic mass is 35.5. The molecule has 0 spiro atoms. The summed E-state index contributed by atoms with van der Waals surface area (Å²) in [5.41, 5.74) is 2.62. The second-order valence-electron chi connectivity index (χ2n) is 5.66. The van der Waals surface area contributed by atoms with Crippen molar-refractivity contribution in [3.05, 3.63) is 93.9 Å². The zero-order chi connectivity index (χ0) is 16.5. The van der Waals surface area contributed by atoms with Crippen molar-refractivity contribution in [2.45, 2.75) is 6.54 Å². The third-order valence-corrected chi connectivity index (χ3v) is 4.17. The number of nitrogens with zero attached hydrogens (tertiary/aromatic N) is 1. The van der Waals surface area contributed by atoms with Gasteiger partial charge in [0.1, 0.15) is 11.3 Å². The fraction of sp³-hybridized carbons (Fsp3) is 0.0500. The number of rotatable bonds is 3. The molecule has 24 heavy (non-hydrogen) atoms. The summed E-state index contributed by atoms with van der Waals surface area (Å²) in [6.07, 6.45) is 1.82. The molecular formula is C20H14ClNO2. The number of hydrogen-bond acceptors (Lipinski definition) is 2. The van der Waals surface area contributed by atoms with Crippen LogP contribution in [-0.4, -0.2) is 4.57 Å². The molecule has 0 saturated heterocycles. The molecular weight excluding hydrogens is 322 g/mol. The molecule has 0 aliphatic carbocycles. The van der Waals surface area contributed by atoms with Crippen molar-refractivity contribution in [3.63, 3.8) is 0 Å². The first-order valence-corrected chi connectivity index (χ1v) is 8.01. The maximum absolute atomic E-state index is 12.2. The number of hydrogen-bond donors (Lipinski definition) is 0. The van der Waals surface area contributed by atoms with Crippen LogP contribution in [0.1, 0.15) is 5.56 Å². The van der Waals surface area contributed by atoms with E-state index in [4.69, 9.17) is 16.0 Å². The van der Waals surface area contributed by atoms with Crippen molar-refractivity contribution in [3.8, 4) is 11.3 Å². The fourth-order valence-electron chi connectivity index (χ4n) is 2.76. The van der Waals surface area contributed by atoms with Crippen molar-refractivity contribution in [1.29, 1.82) is 0 Å². The number of aromatic nitrogens is 1. The Morgan fingerprint density at radius 2 is 1.83 bits per heavy atom. The Hall–Kier alpha value is -2.78. The van der Waals surface area contributed by atoms with Crippen molar-refractivity contribution in [2.75, 3.05) is 0 Å².